The van der Waals surface area contributed by atoms with E-state index in [2.05, 4.69) is 15.3 Å². The fourth-order valence-electron chi connectivity index (χ4n) is 3.45. The molecule has 2 N–H and O–H groups in total. The molecular formula is C22H31ClN6O6. The van der Waals surface area contributed by atoms with Crippen LogP contribution in [0.2, 0.25) is 5.28 Å². The summed E-state index contributed by atoms with van der Waals surface area (Å²) in [5.74, 6) is 0.288. The molecule has 0 unspecified atom stereocenters. The van der Waals surface area contributed by atoms with E-state index in [4.69, 9.17) is 21.1 Å². The molecule has 0 bridgehead atoms. The van der Waals surface area contributed by atoms with E-state index in [1.54, 1.807) is 0 Å². The molecule has 1 fully saturated rings. The molecule has 0 spiro atoms. The summed E-state index contributed by atoms with van der Waals surface area (Å²) in [6, 6.07) is 7.57. The lowest BCUT2D eigenvalue weighted by molar-refractivity contribution is -0.389. The van der Waals surface area contributed by atoms with E-state index in [-0.39, 0.29) is 24.3 Å². The number of carbonyl (C=O) groups is 1. The number of ether oxygens (including phenoxy) is 2. The van der Waals surface area contributed by atoms with Crippen molar-refractivity contribution >= 4 is 29.2 Å². The van der Waals surface area contributed by atoms with Crippen LogP contribution in [0.1, 0.15) is 27.2 Å². The summed E-state index contributed by atoms with van der Waals surface area (Å²) in [6.07, 6.45) is 0.302. The molecule has 1 aliphatic rings. The number of nitro groups is 1. The van der Waals surface area contributed by atoms with E-state index < -0.39 is 22.7 Å². The molecule has 12 nitrogen and oxygen atoms in total. The number of imidazole rings is 1. The van der Waals surface area contributed by atoms with Crippen LogP contribution in [-0.2, 0) is 11.3 Å². The second-order valence-corrected chi connectivity index (χ2v) is 9.49. The highest BCUT2D eigenvalue weighted by atomic mass is 35.5. The maximum atomic E-state index is 11.9. The standard InChI is InChI=1S/C22H31ClN6O6/c1-22(2,3)35-21(31)25-28-12-10-26(11-13-28)16-4-6-18(7-5-16)34-15-17(30)8-9-27-14-19(29(32)33)24-20(27)23/h4-7,14,17,30H,8-13,15H2,1-3H3,(H,25,31)/t17-/m0/s1. The summed E-state index contributed by atoms with van der Waals surface area (Å²) in [6.45, 7) is 8.62. The van der Waals surface area contributed by atoms with Crippen LogP contribution in [0.4, 0.5) is 16.3 Å². The number of halogens is 1. The zero-order valence-corrected chi connectivity index (χ0v) is 20.8. The molecule has 3 rings (SSSR count). The highest BCUT2D eigenvalue weighted by Crippen LogP contribution is 2.21. The van der Waals surface area contributed by atoms with Gasteiger partial charge in [-0.05, 0) is 73.0 Å². The van der Waals surface area contributed by atoms with Crippen LogP contribution in [0, 0.1) is 10.1 Å². The van der Waals surface area contributed by atoms with Crippen molar-refractivity contribution in [2.24, 2.45) is 0 Å². The van der Waals surface area contributed by atoms with Crippen LogP contribution < -0.4 is 15.1 Å². The topological polar surface area (TPSA) is 135 Å². The first kappa shape index (κ1) is 26.5. The smallest absolute Gasteiger partial charge is 0.422 e. The second kappa shape index (κ2) is 11.6. The van der Waals surface area contributed by atoms with Crippen LogP contribution in [0.25, 0.3) is 0 Å². The van der Waals surface area contributed by atoms with Gasteiger partial charge in [-0.1, -0.05) is 0 Å². The van der Waals surface area contributed by atoms with Crippen LogP contribution in [-0.4, -0.2) is 75.2 Å². The Morgan fingerprint density at radius 1 is 1.26 bits per heavy atom. The molecule has 0 radical (unpaired) electrons. The number of aromatic nitrogens is 2. The molecule has 1 saturated heterocycles. The summed E-state index contributed by atoms with van der Waals surface area (Å²) in [4.78, 5) is 27.9. The minimum atomic E-state index is -0.780. The molecule has 35 heavy (non-hydrogen) atoms. The third-order valence-electron chi connectivity index (χ3n) is 5.18. The third-order valence-corrected chi connectivity index (χ3v) is 5.48. The largest absolute Gasteiger partial charge is 0.491 e. The maximum absolute atomic E-state index is 11.9. The first-order valence-electron chi connectivity index (χ1n) is 11.3. The van der Waals surface area contributed by atoms with E-state index in [1.165, 1.54) is 10.8 Å². The minimum Gasteiger partial charge on any atom is -0.491 e. The van der Waals surface area contributed by atoms with Crippen LogP contribution in [0.3, 0.4) is 0 Å². The predicted octanol–water partition coefficient (Wildman–Crippen LogP) is 2.84. The Hall–Kier alpha value is -3.09. The number of rotatable bonds is 9. The zero-order valence-electron chi connectivity index (χ0n) is 20.0. The normalized spacial score (nSPS) is 15.5. The number of nitrogens with zero attached hydrogens (tertiary/aromatic N) is 5. The van der Waals surface area contributed by atoms with Crippen molar-refractivity contribution in [1.82, 2.24) is 20.0 Å². The van der Waals surface area contributed by atoms with E-state index in [0.717, 1.165) is 18.8 Å². The Kier molecular flexibility index (Phi) is 8.76. The Morgan fingerprint density at radius 2 is 1.91 bits per heavy atom. The van der Waals surface area contributed by atoms with E-state index in [1.807, 2.05) is 50.0 Å². The number of piperazine rings is 1. The number of hydrogen-bond acceptors (Lipinski definition) is 9. The van der Waals surface area contributed by atoms with E-state index >= 15 is 0 Å². The number of amides is 1. The van der Waals surface area contributed by atoms with Gasteiger partial charge in [-0.3, -0.25) is 9.99 Å². The molecule has 1 aromatic heterocycles. The molecule has 192 valence electrons. The van der Waals surface area contributed by atoms with Gasteiger partial charge in [0.1, 0.15) is 24.2 Å². The number of hydrazine groups is 1. The SMILES string of the molecule is CC(C)(C)OC(=O)NN1CCN(c2ccc(OC[C@@H](O)CCn3cc([N+](=O)[O-])nc3Cl)cc2)CC1. The lowest BCUT2D eigenvalue weighted by Crippen LogP contribution is -2.54. The van der Waals surface area contributed by atoms with Gasteiger partial charge in [-0.2, -0.15) is 0 Å². The number of hydrogen-bond donors (Lipinski definition) is 2. The van der Waals surface area contributed by atoms with Gasteiger partial charge in [-0.15, -0.1) is 0 Å². The Labute approximate surface area is 208 Å². The van der Waals surface area contributed by atoms with Gasteiger partial charge in [-0.25, -0.2) is 9.80 Å². The van der Waals surface area contributed by atoms with Crippen LogP contribution in [0.15, 0.2) is 30.5 Å². The van der Waals surface area contributed by atoms with Gasteiger partial charge in [0.05, 0.1) is 6.10 Å². The van der Waals surface area contributed by atoms with Gasteiger partial charge < -0.3 is 29.6 Å². The van der Waals surface area contributed by atoms with E-state index in [0.29, 0.717) is 25.3 Å². The van der Waals surface area contributed by atoms with Gasteiger partial charge in [0.15, 0.2) is 0 Å². The first-order chi connectivity index (χ1) is 16.5. The van der Waals surface area contributed by atoms with Crippen LogP contribution in [0.5, 0.6) is 5.75 Å². The number of anilines is 1. The Bertz CT molecular complexity index is 1000. The monoisotopic (exact) mass is 510 g/mol. The molecule has 0 aliphatic carbocycles. The minimum absolute atomic E-state index is 0.00172. The molecule has 2 aromatic rings. The zero-order chi connectivity index (χ0) is 25.6. The molecule has 1 aromatic carbocycles. The molecule has 1 atom stereocenters. The van der Waals surface area contributed by atoms with Crippen molar-refractivity contribution in [2.45, 2.75) is 45.4 Å². The molecular weight excluding hydrogens is 480 g/mol. The summed E-state index contributed by atoms with van der Waals surface area (Å²) in [5.41, 5.74) is 3.27. The number of carbonyl (C=O) groups excluding carboxylic acids is 1. The van der Waals surface area contributed by atoms with Crippen molar-refractivity contribution in [2.75, 3.05) is 37.7 Å². The fourth-order valence-corrected chi connectivity index (χ4v) is 3.67. The van der Waals surface area contributed by atoms with Crippen molar-refractivity contribution in [3.63, 3.8) is 0 Å². The Balaban J connectivity index is 1.39. The summed E-state index contributed by atoms with van der Waals surface area (Å²) in [7, 11) is 0. The van der Waals surface area contributed by atoms with Gasteiger partial charge in [0, 0.05) is 38.4 Å². The van der Waals surface area contributed by atoms with E-state index in [9.17, 15) is 20.0 Å². The highest BCUT2D eigenvalue weighted by Gasteiger charge is 2.22. The number of aryl methyl sites for hydroxylation is 1. The molecule has 0 saturated carbocycles. The molecule has 13 heteroatoms. The maximum Gasteiger partial charge on any atom is 0.422 e. The quantitative estimate of drug-likeness (QED) is 0.385. The summed E-state index contributed by atoms with van der Waals surface area (Å²) < 4.78 is 12.4. The number of nitrogens with one attached hydrogen (secondary N) is 1. The second-order valence-electron chi connectivity index (χ2n) is 9.15. The highest BCUT2D eigenvalue weighted by molar-refractivity contribution is 6.28. The first-order valence-corrected chi connectivity index (χ1v) is 11.7. The number of aliphatic hydroxyl groups excluding tert-OH is 1. The van der Waals surface area contributed by atoms with Crippen molar-refractivity contribution in [3.8, 4) is 5.75 Å². The van der Waals surface area contributed by atoms with Crippen molar-refractivity contribution < 1.29 is 24.3 Å². The number of benzene rings is 1. The summed E-state index contributed by atoms with van der Waals surface area (Å²) >= 11 is 5.88. The lowest BCUT2D eigenvalue weighted by Gasteiger charge is -2.36. The van der Waals surface area contributed by atoms with Crippen molar-refractivity contribution in [1.29, 1.82) is 0 Å². The fraction of sp³-hybridized carbons (Fsp3) is 0.545. The van der Waals surface area contributed by atoms with Crippen molar-refractivity contribution in [3.05, 3.63) is 45.9 Å². The summed E-state index contributed by atoms with van der Waals surface area (Å²) in [5, 5.41) is 22.8. The van der Waals surface area contributed by atoms with Gasteiger partial charge in [0.25, 0.3) is 0 Å². The Morgan fingerprint density at radius 3 is 2.49 bits per heavy atom. The average Bonchev–Trinajstić information content (AvgIpc) is 3.17. The third kappa shape index (κ3) is 8.26. The van der Waals surface area contributed by atoms with Crippen LogP contribution >= 0.6 is 11.6 Å². The average molecular weight is 511 g/mol. The van der Waals surface area contributed by atoms with Gasteiger partial charge >= 0.3 is 17.2 Å². The molecule has 1 amide bonds. The predicted molar refractivity (Wildman–Crippen MR) is 130 cm³/mol. The molecule has 1 aliphatic heterocycles. The number of aliphatic hydroxyl groups is 1. The lowest BCUT2D eigenvalue weighted by atomic mass is 10.2. The molecule has 2 heterocycles. The van der Waals surface area contributed by atoms with Gasteiger partial charge in [0.2, 0.25) is 0 Å².